The molecule has 0 N–H and O–H groups in total. The molecule has 0 fully saturated rings. The normalized spacial score (nSPS) is 12.6. The Morgan fingerprint density at radius 3 is 1.97 bits per heavy atom. The first kappa shape index (κ1) is 28.5. The van der Waals surface area contributed by atoms with Crippen LogP contribution >= 0.6 is 0 Å². The summed E-state index contributed by atoms with van der Waals surface area (Å²) in [6.07, 6.45) is 0.436. The monoisotopic (exact) mass is 518 g/mol. The number of carbonyl (C=O) groups excluding carboxylic acids is 1. The molecule has 3 rings (SSSR count). The predicted octanol–water partition coefficient (Wildman–Crippen LogP) is 6.95. The van der Waals surface area contributed by atoms with E-state index in [0.717, 1.165) is 22.6 Å². The molecule has 3 aromatic rings. The van der Waals surface area contributed by atoms with Gasteiger partial charge in [-0.05, 0) is 54.7 Å². The van der Waals surface area contributed by atoms with Crippen LogP contribution in [0.2, 0.25) is 19.1 Å². The number of ether oxygens (including phenoxy) is 3. The van der Waals surface area contributed by atoms with Crippen LogP contribution in [-0.2, 0) is 14.9 Å². The molecule has 1 atom stereocenters. The van der Waals surface area contributed by atoms with Crippen LogP contribution in [0.1, 0.15) is 49.4 Å². The van der Waals surface area contributed by atoms with Crippen molar-refractivity contribution in [3.63, 3.8) is 0 Å². The lowest BCUT2D eigenvalue weighted by Gasteiger charge is -2.28. The number of aryl methyl sites for hydroxylation is 2. The van der Waals surface area contributed by atoms with E-state index in [2.05, 4.69) is 77.2 Å². The maximum atomic E-state index is 12.8. The highest BCUT2D eigenvalue weighted by Gasteiger charge is 2.29. The summed E-state index contributed by atoms with van der Waals surface area (Å²) in [4.78, 5) is 12.8. The largest absolute Gasteiger partial charge is 0.496 e. The molecule has 198 valence electrons. The van der Waals surface area contributed by atoms with E-state index in [1.165, 1.54) is 16.3 Å². The summed E-state index contributed by atoms with van der Waals surface area (Å²) >= 11 is 0. The van der Waals surface area contributed by atoms with Crippen LogP contribution < -0.4 is 14.7 Å². The molecule has 0 aliphatic heterocycles. The van der Waals surface area contributed by atoms with E-state index in [-0.39, 0.29) is 17.5 Å². The highest BCUT2D eigenvalue weighted by molar-refractivity contribution is 6.91. The molecule has 37 heavy (non-hydrogen) atoms. The van der Waals surface area contributed by atoms with Crippen LogP contribution in [0, 0.1) is 13.8 Å². The van der Waals surface area contributed by atoms with Crippen molar-refractivity contribution < 1.29 is 19.0 Å². The van der Waals surface area contributed by atoms with Crippen LogP contribution in [0.4, 0.5) is 0 Å². The number of methoxy groups -OCH3 is 1. The molecule has 4 nitrogen and oxygen atoms in total. The Hall–Kier alpha value is -3.05. The van der Waals surface area contributed by atoms with Crippen LogP contribution in [0.3, 0.4) is 0 Å². The lowest BCUT2D eigenvalue weighted by Crippen LogP contribution is -2.44. The van der Waals surface area contributed by atoms with Gasteiger partial charge >= 0.3 is 5.97 Å². The van der Waals surface area contributed by atoms with E-state index in [1.807, 2.05) is 37.3 Å². The van der Waals surface area contributed by atoms with Gasteiger partial charge in [-0.3, -0.25) is 4.79 Å². The Kier molecular flexibility index (Phi) is 9.24. The van der Waals surface area contributed by atoms with Crippen molar-refractivity contribution in [2.75, 3.05) is 13.7 Å². The highest BCUT2D eigenvalue weighted by Crippen LogP contribution is 2.36. The molecule has 0 aromatic heterocycles. The van der Waals surface area contributed by atoms with Crippen molar-refractivity contribution >= 4 is 19.2 Å². The molecule has 0 radical (unpaired) electrons. The molecule has 0 spiro atoms. The van der Waals surface area contributed by atoms with Crippen LogP contribution in [0.25, 0.3) is 0 Å². The molecule has 0 heterocycles. The van der Waals surface area contributed by atoms with Gasteiger partial charge < -0.3 is 14.2 Å². The van der Waals surface area contributed by atoms with E-state index in [0.29, 0.717) is 19.1 Å². The Morgan fingerprint density at radius 1 is 0.892 bits per heavy atom. The van der Waals surface area contributed by atoms with E-state index in [4.69, 9.17) is 14.2 Å². The second-order valence-electron chi connectivity index (χ2n) is 11.0. The maximum Gasteiger partial charge on any atom is 0.303 e. The average molecular weight is 519 g/mol. The lowest BCUT2D eigenvalue weighted by molar-refractivity contribution is -0.148. The highest BCUT2D eigenvalue weighted by atomic mass is 28.3. The smallest absolute Gasteiger partial charge is 0.303 e. The Morgan fingerprint density at radius 2 is 1.46 bits per heavy atom. The maximum absolute atomic E-state index is 12.8. The van der Waals surface area contributed by atoms with E-state index in [9.17, 15) is 4.79 Å². The molecular formula is C32H42O4Si. The third-order valence-electron chi connectivity index (χ3n) is 7.33. The zero-order valence-electron chi connectivity index (χ0n) is 23.7. The van der Waals surface area contributed by atoms with Crippen LogP contribution in [0.5, 0.6) is 11.5 Å². The first-order chi connectivity index (χ1) is 17.5. The molecule has 5 heteroatoms. The SMILES string of the molecule is CCC(COc1ccc(C(C)(C)c2ccc(OC)c(C)c2)cc1C)OC(=O)C[Si](C)(C)c1ccccc1. The summed E-state index contributed by atoms with van der Waals surface area (Å²) < 4.78 is 17.4. The summed E-state index contributed by atoms with van der Waals surface area (Å²) in [5.41, 5.74) is 4.47. The van der Waals surface area contributed by atoms with Crippen molar-refractivity contribution in [1.82, 2.24) is 0 Å². The summed E-state index contributed by atoms with van der Waals surface area (Å²) in [6.45, 7) is 15.4. The van der Waals surface area contributed by atoms with Gasteiger partial charge in [-0.25, -0.2) is 0 Å². The first-order valence-electron chi connectivity index (χ1n) is 13.1. The van der Waals surface area contributed by atoms with Gasteiger partial charge in [0, 0.05) is 11.5 Å². The van der Waals surface area contributed by atoms with Crippen LogP contribution in [0.15, 0.2) is 66.7 Å². The lowest BCUT2D eigenvalue weighted by atomic mass is 9.77. The minimum atomic E-state index is -1.90. The minimum Gasteiger partial charge on any atom is -0.496 e. The van der Waals surface area contributed by atoms with Crippen molar-refractivity contribution in [3.05, 3.63) is 89.0 Å². The van der Waals surface area contributed by atoms with Crippen molar-refractivity contribution in [2.24, 2.45) is 0 Å². The number of esters is 1. The molecule has 0 aliphatic rings. The van der Waals surface area contributed by atoms with Crippen LogP contribution in [-0.4, -0.2) is 33.9 Å². The number of rotatable bonds is 11. The minimum absolute atomic E-state index is 0.139. The number of hydrogen-bond acceptors (Lipinski definition) is 4. The summed E-state index contributed by atoms with van der Waals surface area (Å²) in [5.74, 6) is 1.58. The fourth-order valence-electron chi connectivity index (χ4n) is 4.63. The third kappa shape index (κ3) is 7.04. The first-order valence-corrected chi connectivity index (χ1v) is 16.3. The molecule has 0 saturated carbocycles. The van der Waals surface area contributed by atoms with E-state index in [1.54, 1.807) is 7.11 Å². The molecule has 0 amide bonds. The van der Waals surface area contributed by atoms with E-state index < -0.39 is 8.07 Å². The van der Waals surface area contributed by atoms with E-state index >= 15 is 0 Å². The number of hydrogen-bond donors (Lipinski definition) is 0. The van der Waals surface area contributed by atoms with Gasteiger partial charge in [0.25, 0.3) is 0 Å². The second-order valence-corrected chi connectivity index (χ2v) is 15.7. The summed E-state index contributed by atoms with van der Waals surface area (Å²) in [7, 11) is -0.201. The molecule has 0 saturated heterocycles. The fraction of sp³-hybridized carbons (Fsp3) is 0.406. The standard InChI is InChI=1S/C32H42O4Si/c1-9-27(36-31(33)22-37(7,8)28-13-11-10-12-14-28)21-35-30-18-16-26(20-24(30)3)32(4,5)25-15-17-29(34-6)23(2)19-25/h10-20,27H,9,21-22H2,1-8H3. The summed E-state index contributed by atoms with van der Waals surface area (Å²) in [5, 5.41) is 1.26. The second kappa shape index (κ2) is 12.0. The van der Waals surface area contributed by atoms with Gasteiger partial charge in [-0.1, -0.05) is 93.6 Å². The van der Waals surface area contributed by atoms with Crippen molar-refractivity contribution in [3.8, 4) is 11.5 Å². The van der Waals surface area contributed by atoms with Gasteiger partial charge in [-0.15, -0.1) is 0 Å². The number of carbonyl (C=O) groups is 1. The Balaban J connectivity index is 1.64. The van der Waals surface area contributed by atoms with Gasteiger partial charge in [0.2, 0.25) is 0 Å². The molecule has 0 aliphatic carbocycles. The molecule has 1 unspecified atom stereocenters. The van der Waals surface area contributed by atoms with Gasteiger partial charge in [-0.2, -0.15) is 0 Å². The zero-order valence-corrected chi connectivity index (χ0v) is 24.7. The molecule has 0 bridgehead atoms. The zero-order chi connectivity index (χ0) is 27.2. The number of benzene rings is 3. The third-order valence-corrected chi connectivity index (χ3v) is 10.4. The van der Waals surface area contributed by atoms with Gasteiger partial charge in [0.05, 0.1) is 15.2 Å². The predicted molar refractivity (Wildman–Crippen MR) is 155 cm³/mol. The van der Waals surface area contributed by atoms with Crippen molar-refractivity contribution in [2.45, 2.75) is 71.7 Å². The fourth-order valence-corrected chi connectivity index (χ4v) is 6.74. The molecular weight excluding hydrogens is 476 g/mol. The average Bonchev–Trinajstić information content (AvgIpc) is 2.87. The van der Waals surface area contributed by atoms with Gasteiger partial charge in [0.15, 0.2) is 0 Å². The van der Waals surface area contributed by atoms with Gasteiger partial charge in [0.1, 0.15) is 24.2 Å². The Labute approximate surface area is 224 Å². The molecule has 3 aromatic carbocycles. The quantitative estimate of drug-likeness (QED) is 0.203. The topological polar surface area (TPSA) is 44.8 Å². The summed E-state index contributed by atoms with van der Waals surface area (Å²) in [6, 6.07) is 23.5. The Bertz CT molecular complexity index is 1200. The van der Waals surface area contributed by atoms with Crippen molar-refractivity contribution in [1.29, 1.82) is 0 Å².